The number of ether oxygens (including phenoxy) is 2. The Morgan fingerprint density at radius 3 is 2.27 bits per heavy atom. The van der Waals surface area contributed by atoms with Gasteiger partial charge in [0.05, 0.1) is 24.5 Å². The zero-order chi connectivity index (χ0) is 19.9. The molecule has 0 unspecified atom stereocenters. The minimum absolute atomic E-state index is 0.111. The van der Waals surface area contributed by atoms with E-state index in [1.54, 1.807) is 48.5 Å². The van der Waals surface area contributed by atoms with E-state index in [1.165, 1.54) is 10.9 Å². The maximum atomic E-state index is 12.9. The normalized spacial score (nSPS) is 17.6. The van der Waals surface area contributed by atoms with E-state index in [9.17, 15) is 14.4 Å². The summed E-state index contributed by atoms with van der Waals surface area (Å²) in [7, 11) is 0. The summed E-state index contributed by atoms with van der Waals surface area (Å²) < 4.78 is 12.0. The van der Waals surface area contributed by atoms with E-state index in [2.05, 4.69) is 10.4 Å². The average molecular weight is 366 g/mol. The number of carbonyl (C=O) groups excluding carboxylic acids is 3. The van der Waals surface area contributed by atoms with Crippen molar-refractivity contribution in [2.45, 2.75) is 72.3 Å². The van der Waals surface area contributed by atoms with Crippen LogP contribution in [0.15, 0.2) is 6.20 Å². The number of hydrogen-bond acceptors (Lipinski definition) is 6. The predicted molar refractivity (Wildman–Crippen MR) is 93.9 cm³/mol. The van der Waals surface area contributed by atoms with Crippen LogP contribution in [0.3, 0.4) is 0 Å². The van der Waals surface area contributed by atoms with E-state index in [-0.39, 0.29) is 11.4 Å². The van der Waals surface area contributed by atoms with Crippen LogP contribution in [0.4, 0.5) is 15.3 Å². The van der Waals surface area contributed by atoms with Gasteiger partial charge in [-0.15, -0.1) is 0 Å². The third kappa shape index (κ3) is 4.53. The summed E-state index contributed by atoms with van der Waals surface area (Å²) >= 11 is 0. The van der Waals surface area contributed by atoms with Gasteiger partial charge < -0.3 is 9.47 Å². The Kier molecular flexibility index (Phi) is 5.03. The number of nitrogens with one attached hydrogen (secondary N) is 1. The first-order valence-electron chi connectivity index (χ1n) is 8.41. The van der Waals surface area contributed by atoms with Crippen molar-refractivity contribution in [1.29, 1.82) is 0 Å². The second-order valence-corrected chi connectivity index (χ2v) is 8.22. The molecule has 9 heteroatoms. The monoisotopic (exact) mass is 366 g/mol. The molecule has 0 saturated carbocycles. The van der Waals surface area contributed by atoms with Gasteiger partial charge in [-0.1, -0.05) is 0 Å². The summed E-state index contributed by atoms with van der Waals surface area (Å²) in [6.07, 6.45) is -0.0724. The van der Waals surface area contributed by atoms with Crippen LogP contribution in [0.2, 0.25) is 0 Å². The molecule has 3 amide bonds. The van der Waals surface area contributed by atoms with Crippen LogP contribution >= 0.6 is 0 Å². The summed E-state index contributed by atoms with van der Waals surface area (Å²) in [6, 6.07) is -0.431. The summed E-state index contributed by atoms with van der Waals surface area (Å²) in [4.78, 5) is 38.3. The van der Waals surface area contributed by atoms with E-state index < -0.39 is 35.3 Å². The van der Waals surface area contributed by atoms with E-state index in [0.29, 0.717) is 6.54 Å². The molecule has 0 bridgehead atoms. The zero-order valence-electron chi connectivity index (χ0n) is 16.2. The molecule has 0 spiro atoms. The number of carbonyl (C=O) groups is 3. The molecule has 26 heavy (non-hydrogen) atoms. The Balaban J connectivity index is 2.26. The van der Waals surface area contributed by atoms with Gasteiger partial charge in [0.2, 0.25) is 0 Å². The highest BCUT2D eigenvalue weighted by molar-refractivity contribution is 6.07. The van der Waals surface area contributed by atoms with Crippen LogP contribution in [-0.4, -0.2) is 50.0 Å². The molecule has 144 valence electrons. The van der Waals surface area contributed by atoms with Crippen molar-refractivity contribution in [3.05, 3.63) is 11.9 Å². The van der Waals surface area contributed by atoms with Crippen molar-refractivity contribution in [3.8, 4) is 0 Å². The molecule has 0 aliphatic carbocycles. The molecule has 0 fully saturated rings. The molecule has 1 aromatic rings. The number of anilines is 1. The lowest BCUT2D eigenvalue weighted by molar-refractivity contribution is 0.0130. The molecule has 0 radical (unpaired) electrons. The van der Waals surface area contributed by atoms with Crippen LogP contribution in [0.25, 0.3) is 0 Å². The second kappa shape index (κ2) is 6.62. The van der Waals surface area contributed by atoms with E-state index in [4.69, 9.17) is 9.47 Å². The minimum Gasteiger partial charge on any atom is -0.444 e. The first-order valence-corrected chi connectivity index (χ1v) is 8.41. The lowest BCUT2D eigenvalue weighted by Crippen LogP contribution is -2.51. The first kappa shape index (κ1) is 19.7. The molecule has 0 aromatic carbocycles. The number of imide groups is 1. The summed E-state index contributed by atoms with van der Waals surface area (Å²) in [5.74, 6) is -0.582. The number of fused-ring (bicyclic) bond motifs is 1. The van der Waals surface area contributed by atoms with Gasteiger partial charge in [-0.3, -0.25) is 14.8 Å². The molecule has 9 nitrogen and oxygen atoms in total. The Bertz CT molecular complexity index is 726. The Morgan fingerprint density at radius 1 is 1.15 bits per heavy atom. The maximum absolute atomic E-state index is 12.9. The summed E-state index contributed by atoms with van der Waals surface area (Å²) in [5.41, 5.74) is -1.12. The van der Waals surface area contributed by atoms with Crippen molar-refractivity contribution in [2.75, 3.05) is 5.32 Å². The predicted octanol–water partition coefficient (Wildman–Crippen LogP) is 3.01. The lowest BCUT2D eigenvalue weighted by atomic mass is 10.1. The Morgan fingerprint density at radius 2 is 1.73 bits per heavy atom. The van der Waals surface area contributed by atoms with Crippen molar-refractivity contribution in [2.24, 2.45) is 0 Å². The topological polar surface area (TPSA) is 103 Å². The van der Waals surface area contributed by atoms with E-state index >= 15 is 0 Å². The van der Waals surface area contributed by atoms with Crippen LogP contribution in [0.5, 0.6) is 0 Å². The van der Waals surface area contributed by atoms with Gasteiger partial charge in [0.15, 0.2) is 5.69 Å². The third-order valence-corrected chi connectivity index (χ3v) is 3.36. The Labute approximate surface area is 152 Å². The van der Waals surface area contributed by atoms with Crippen molar-refractivity contribution < 1.29 is 23.9 Å². The molecule has 1 atom stereocenters. The van der Waals surface area contributed by atoms with Crippen LogP contribution in [0.1, 0.15) is 59.0 Å². The standard InChI is InChI=1S/C17H26N4O5/c1-10-9-20-12(13(22)21(10)15(24)26-17(5,6)7)11(8-18-20)19-14(23)25-16(2,3)4/h8,10H,9H2,1-7H3,(H,19,23)/t10-/m0/s1. The van der Waals surface area contributed by atoms with Crippen LogP contribution < -0.4 is 5.32 Å². The fourth-order valence-corrected chi connectivity index (χ4v) is 2.47. The molecule has 1 aromatic heterocycles. The molecular formula is C17H26N4O5. The van der Waals surface area contributed by atoms with Gasteiger partial charge >= 0.3 is 12.2 Å². The molecule has 2 rings (SSSR count). The summed E-state index contributed by atoms with van der Waals surface area (Å²) in [5, 5.41) is 6.64. The van der Waals surface area contributed by atoms with Crippen molar-refractivity contribution in [3.63, 3.8) is 0 Å². The lowest BCUT2D eigenvalue weighted by Gasteiger charge is -2.33. The number of hydrogen-bond donors (Lipinski definition) is 1. The van der Waals surface area contributed by atoms with E-state index in [0.717, 1.165) is 4.90 Å². The van der Waals surface area contributed by atoms with Crippen molar-refractivity contribution in [1.82, 2.24) is 14.7 Å². The van der Waals surface area contributed by atoms with Gasteiger partial charge in [0.1, 0.15) is 11.2 Å². The largest absolute Gasteiger partial charge is 0.444 e. The molecule has 1 aliphatic rings. The molecule has 2 heterocycles. The number of amides is 3. The highest BCUT2D eigenvalue weighted by Gasteiger charge is 2.39. The van der Waals surface area contributed by atoms with Crippen LogP contribution in [0, 0.1) is 0 Å². The highest BCUT2D eigenvalue weighted by Crippen LogP contribution is 2.26. The summed E-state index contributed by atoms with van der Waals surface area (Å²) in [6.45, 7) is 12.4. The highest BCUT2D eigenvalue weighted by atomic mass is 16.6. The van der Waals surface area contributed by atoms with Gasteiger partial charge in [-0.2, -0.15) is 5.10 Å². The quantitative estimate of drug-likeness (QED) is 0.819. The number of rotatable bonds is 1. The average Bonchev–Trinajstić information content (AvgIpc) is 2.76. The van der Waals surface area contributed by atoms with E-state index in [1.807, 2.05) is 0 Å². The Hall–Kier alpha value is -2.58. The second-order valence-electron chi connectivity index (χ2n) is 8.22. The number of aromatic nitrogens is 2. The molecule has 0 saturated heterocycles. The zero-order valence-corrected chi connectivity index (χ0v) is 16.2. The maximum Gasteiger partial charge on any atom is 0.417 e. The van der Waals surface area contributed by atoms with Crippen molar-refractivity contribution >= 4 is 23.8 Å². The number of nitrogens with zero attached hydrogens (tertiary/aromatic N) is 3. The van der Waals surface area contributed by atoms with Crippen LogP contribution in [-0.2, 0) is 16.0 Å². The SMILES string of the molecule is C[C@H]1Cn2ncc(NC(=O)OC(C)(C)C)c2C(=O)N1C(=O)OC(C)(C)C. The minimum atomic E-state index is -0.731. The van der Waals surface area contributed by atoms with Gasteiger partial charge in [-0.05, 0) is 48.5 Å². The first-order chi connectivity index (χ1) is 11.8. The van der Waals surface area contributed by atoms with Gasteiger partial charge in [0.25, 0.3) is 5.91 Å². The molecule has 1 N–H and O–H groups in total. The third-order valence-electron chi connectivity index (χ3n) is 3.36. The fourth-order valence-electron chi connectivity index (χ4n) is 2.47. The fraction of sp³-hybridized carbons (Fsp3) is 0.647. The van der Waals surface area contributed by atoms with Gasteiger partial charge in [-0.25, -0.2) is 14.5 Å². The van der Waals surface area contributed by atoms with Gasteiger partial charge in [0, 0.05) is 0 Å². The smallest absolute Gasteiger partial charge is 0.417 e. The molecule has 1 aliphatic heterocycles. The molecular weight excluding hydrogens is 340 g/mol.